The quantitative estimate of drug-likeness (QED) is 0.768. The molecule has 2 aliphatic heterocycles. The van der Waals surface area contributed by atoms with Crippen LogP contribution in [0.5, 0.6) is 11.5 Å². The van der Waals surface area contributed by atoms with Gasteiger partial charge in [0, 0.05) is 13.0 Å². The molecule has 0 bridgehead atoms. The summed E-state index contributed by atoms with van der Waals surface area (Å²) in [4.78, 5) is 14.8. The van der Waals surface area contributed by atoms with Gasteiger partial charge in [-0.05, 0) is 36.1 Å². The van der Waals surface area contributed by atoms with E-state index >= 15 is 0 Å². The molecule has 2 aliphatic rings. The van der Waals surface area contributed by atoms with Gasteiger partial charge in [-0.3, -0.25) is 4.79 Å². The number of hydrogen-bond acceptors (Lipinski definition) is 5. The summed E-state index contributed by atoms with van der Waals surface area (Å²) >= 11 is 0. The largest absolute Gasteiger partial charge is 0.486 e. The first-order chi connectivity index (χ1) is 14.0. The smallest absolute Gasteiger partial charge is 0.223 e. The number of nitrogens with zero attached hydrogens (tertiary/aromatic N) is 1. The van der Waals surface area contributed by atoms with Gasteiger partial charge < -0.3 is 14.4 Å². The Kier molecular flexibility index (Phi) is 5.76. The summed E-state index contributed by atoms with van der Waals surface area (Å²) in [5, 5.41) is 0. The number of benzene rings is 2. The number of fused-ring (bicyclic) bond motifs is 1. The highest BCUT2D eigenvalue weighted by Gasteiger charge is 2.31. The number of rotatable bonds is 4. The summed E-state index contributed by atoms with van der Waals surface area (Å²) in [5.74, 6) is 1.55. The van der Waals surface area contributed by atoms with Gasteiger partial charge >= 0.3 is 0 Å². The number of ether oxygens (including phenoxy) is 2. The maximum absolute atomic E-state index is 13.1. The van der Waals surface area contributed by atoms with Crippen molar-refractivity contribution in [3.63, 3.8) is 0 Å². The van der Waals surface area contributed by atoms with Crippen molar-refractivity contribution in [2.75, 3.05) is 31.3 Å². The molecule has 29 heavy (non-hydrogen) atoms. The first-order valence-corrected chi connectivity index (χ1v) is 11.8. The van der Waals surface area contributed by atoms with Crippen LogP contribution in [0.15, 0.2) is 48.5 Å². The molecule has 2 aromatic carbocycles. The van der Waals surface area contributed by atoms with Gasteiger partial charge in [-0.25, -0.2) is 8.42 Å². The Hall–Kier alpha value is -2.54. The topological polar surface area (TPSA) is 72.9 Å². The molecule has 1 saturated heterocycles. The van der Waals surface area contributed by atoms with Gasteiger partial charge in [0.05, 0.1) is 17.5 Å². The molecule has 2 heterocycles. The minimum atomic E-state index is -3.13. The molecule has 7 heteroatoms. The van der Waals surface area contributed by atoms with Crippen molar-refractivity contribution in [1.29, 1.82) is 0 Å². The maximum atomic E-state index is 13.1. The first kappa shape index (κ1) is 19.8. The van der Waals surface area contributed by atoms with Crippen molar-refractivity contribution in [2.24, 2.45) is 0 Å². The lowest BCUT2D eigenvalue weighted by molar-refractivity contribution is -0.133. The second-order valence-electron chi connectivity index (χ2n) is 7.43. The van der Waals surface area contributed by atoms with Crippen LogP contribution in [0.1, 0.15) is 30.0 Å². The Balaban J connectivity index is 1.49. The van der Waals surface area contributed by atoms with Crippen LogP contribution in [0.4, 0.5) is 0 Å². The van der Waals surface area contributed by atoms with Gasteiger partial charge in [0.15, 0.2) is 21.3 Å². The van der Waals surface area contributed by atoms with Crippen LogP contribution in [0, 0.1) is 0 Å². The first-order valence-electron chi connectivity index (χ1n) is 9.95. The zero-order valence-electron chi connectivity index (χ0n) is 16.2. The summed E-state index contributed by atoms with van der Waals surface area (Å²) in [7, 11) is -3.13. The van der Waals surface area contributed by atoms with Gasteiger partial charge in [-0.1, -0.05) is 36.4 Å². The molecular formula is C22H25NO5S. The molecule has 1 atom stereocenters. The molecule has 4 rings (SSSR count). The van der Waals surface area contributed by atoms with E-state index in [1.165, 1.54) is 0 Å². The van der Waals surface area contributed by atoms with Gasteiger partial charge in [0.25, 0.3) is 0 Å². The molecule has 0 saturated carbocycles. The lowest BCUT2D eigenvalue weighted by Gasteiger charge is -2.30. The van der Waals surface area contributed by atoms with Gasteiger partial charge in [-0.2, -0.15) is 0 Å². The summed E-state index contributed by atoms with van der Waals surface area (Å²) in [6.07, 6.45) is 1.32. The van der Waals surface area contributed by atoms with E-state index in [2.05, 4.69) is 0 Å². The summed E-state index contributed by atoms with van der Waals surface area (Å²) < 4.78 is 35.5. The van der Waals surface area contributed by atoms with Crippen molar-refractivity contribution in [2.45, 2.75) is 25.3 Å². The summed E-state index contributed by atoms with van der Waals surface area (Å²) in [5.41, 5.74) is 1.98. The summed E-state index contributed by atoms with van der Waals surface area (Å²) in [6, 6.07) is 15.2. The van der Waals surface area contributed by atoms with E-state index in [4.69, 9.17) is 9.47 Å². The second-order valence-corrected chi connectivity index (χ2v) is 9.74. The SMILES string of the molecule is O=C(CCc1ccc2c(c1)OCCO2)N1CCS(=O)(=O)CCC1c1ccccc1. The maximum Gasteiger partial charge on any atom is 0.223 e. The van der Waals surface area contributed by atoms with Crippen molar-refractivity contribution >= 4 is 15.7 Å². The van der Waals surface area contributed by atoms with Crippen LogP contribution < -0.4 is 9.47 Å². The predicted molar refractivity (Wildman–Crippen MR) is 110 cm³/mol. The standard InChI is InChI=1S/C22H25NO5S/c24-22(9-7-17-6-8-20-21(16-17)28-13-12-27-20)23-11-15-29(25,26)14-10-19(23)18-4-2-1-3-5-18/h1-6,8,16,19H,7,9-15H2. The van der Waals surface area contributed by atoms with E-state index in [9.17, 15) is 13.2 Å². The highest BCUT2D eigenvalue weighted by molar-refractivity contribution is 7.91. The molecule has 1 fully saturated rings. The van der Waals surface area contributed by atoms with Gasteiger partial charge in [-0.15, -0.1) is 0 Å². The highest BCUT2D eigenvalue weighted by atomic mass is 32.2. The Morgan fingerprint density at radius 3 is 2.55 bits per heavy atom. The third-order valence-corrected chi connectivity index (χ3v) is 7.12. The molecular weight excluding hydrogens is 390 g/mol. The van der Waals surface area contributed by atoms with Gasteiger partial charge in [0.1, 0.15) is 13.2 Å². The zero-order chi connectivity index (χ0) is 20.3. The second kappa shape index (κ2) is 8.45. The van der Waals surface area contributed by atoms with Crippen molar-refractivity contribution < 1.29 is 22.7 Å². The normalized spacial score (nSPS) is 20.7. The minimum Gasteiger partial charge on any atom is -0.486 e. The van der Waals surface area contributed by atoms with Crippen molar-refractivity contribution in [1.82, 2.24) is 4.90 Å². The monoisotopic (exact) mass is 415 g/mol. The van der Waals surface area contributed by atoms with E-state index in [-0.39, 0.29) is 30.0 Å². The number of carbonyl (C=O) groups is 1. The Bertz CT molecular complexity index is 974. The fourth-order valence-corrected chi connectivity index (χ4v) is 5.16. The molecule has 2 aromatic rings. The molecule has 0 aromatic heterocycles. The molecule has 0 radical (unpaired) electrons. The predicted octanol–water partition coefficient (Wildman–Crippen LogP) is 2.78. The molecule has 1 amide bonds. The van der Waals surface area contributed by atoms with Crippen LogP contribution in [-0.2, 0) is 21.1 Å². The van der Waals surface area contributed by atoms with Crippen LogP contribution in [0.3, 0.4) is 0 Å². The Labute approximate surface area is 171 Å². The molecule has 0 spiro atoms. The van der Waals surface area contributed by atoms with E-state index in [0.29, 0.717) is 38.2 Å². The zero-order valence-corrected chi connectivity index (χ0v) is 17.1. The Morgan fingerprint density at radius 2 is 1.76 bits per heavy atom. The van der Waals surface area contributed by atoms with Crippen LogP contribution >= 0.6 is 0 Å². The van der Waals surface area contributed by atoms with E-state index in [1.54, 1.807) is 4.90 Å². The number of aryl methyl sites for hydroxylation is 1. The fourth-order valence-electron chi connectivity index (χ4n) is 3.90. The van der Waals surface area contributed by atoms with Crippen LogP contribution in [-0.4, -0.2) is 50.5 Å². The molecule has 154 valence electrons. The molecule has 6 nitrogen and oxygen atoms in total. The van der Waals surface area contributed by atoms with Crippen LogP contribution in [0.2, 0.25) is 0 Å². The van der Waals surface area contributed by atoms with Crippen molar-refractivity contribution in [3.05, 3.63) is 59.7 Å². The highest BCUT2D eigenvalue weighted by Crippen LogP contribution is 2.32. The average Bonchev–Trinajstić information content (AvgIpc) is 2.90. The molecule has 0 N–H and O–H groups in total. The lowest BCUT2D eigenvalue weighted by Crippen LogP contribution is -2.36. The third-order valence-electron chi connectivity index (χ3n) is 5.46. The van der Waals surface area contributed by atoms with E-state index in [0.717, 1.165) is 16.9 Å². The van der Waals surface area contributed by atoms with Gasteiger partial charge in [0.2, 0.25) is 5.91 Å². The van der Waals surface area contributed by atoms with Crippen molar-refractivity contribution in [3.8, 4) is 11.5 Å². The minimum absolute atomic E-state index is 0.0199. The van der Waals surface area contributed by atoms with E-state index in [1.807, 2.05) is 48.5 Å². The number of carbonyl (C=O) groups excluding carboxylic acids is 1. The summed E-state index contributed by atoms with van der Waals surface area (Å²) in [6.45, 7) is 1.31. The number of amides is 1. The number of hydrogen-bond donors (Lipinski definition) is 0. The molecule has 1 unspecified atom stereocenters. The lowest BCUT2D eigenvalue weighted by atomic mass is 10.0. The van der Waals surface area contributed by atoms with Crippen LogP contribution in [0.25, 0.3) is 0 Å². The number of sulfone groups is 1. The average molecular weight is 416 g/mol. The van der Waals surface area contributed by atoms with E-state index < -0.39 is 9.84 Å². The fraction of sp³-hybridized carbons (Fsp3) is 0.409. The molecule has 0 aliphatic carbocycles. The third kappa shape index (κ3) is 4.72. The Morgan fingerprint density at radius 1 is 1.00 bits per heavy atom.